The molecular weight excluding hydrogens is 352 g/mol. The zero-order chi connectivity index (χ0) is 14.4. The topological polar surface area (TPSA) is 43.8 Å². The fraction of sp³-hybridized carbons (Fsp3) is 0. The molecule has 7 heteroatoms. The molecule has 0 aliphatic heterocycles. The van der Waals surface area contributed by atoms with Gasteiger partial charge in [-0.1, -0.05) is 27.5 Å². The number of hydrogen-bond acceptors (Lipinski definition) is 2. The van der Waals surface area contributed by atoms with Crippen molar-refractivity contribution in [3.63, 3.8) is 0 Å². The number of nitrogens with zero attached hydrogens (tertiary/aromatic N) is 2. The van der Waals surface area contributed by atoms with Gasteiger partial charge in [-0.05, 0) is 24.3 Å². The first-order chi connectivity index (χ1) is 9.47. The van der Waals surface area contributed by atoms with E-state index in [4.69, 9.17) is 17.3 Å². The number of imidazole rings is 1. The first-order valence-corrected chi connectivity index (χ1v) is 6.73. The number of benzene rings is 2. The first kappa shape index (κ1) is 13.3. The molecule has 0 amide bonds. The minimum atomic E-state index is -0.802. The summed E-state index contributed by atoms with van der Waals surface area (Å²) in [6.45, 7) is 0. The van der Waals surface area contributed by atoms with Crippen LogP contribution in [-0.4, -0.2) is 9.55 Å². The van der Waals surface area contributed by atoms with E-state index in [-0.39, 0.29) is 16.7 Å². The summed E-state index contributed by atoms with van der Waals surface area (Å²) in [5, 5.41) is -0.0728. The Morgan fingerprint density at radius 3 is 2.65 bits per heavy atom. The van der Waals surface area contributed by atoms with Crippen LogP contribution in [0.4, 0.5) is 14.7 Å². The second kappa shape index (κ2) is 4.71. The van der Waals surface area contributed by atoms with E-state index in [0.29, 0.717) is 11.0 Å². The fourth-order valence-corrected chi connectivity index (χ4v) is 2.68. The van der Waals surface area contributed by atoms with Crippen LogP contribution in [0, 0.1) is 11.6 Å². The normalized spacial score (nSPS) is 11.2. The molecule has 102 valence electrons. The quantitative estimate of drug-likeness (QED) is 0.705. The molecule has 0 atom stereocenters. The summed E-state index contributed by atoms with van der Waals surface area (Å²) in [5.41, 5.74) is 6.97. The third-order valence-electron chi connectivity index (χ3n) is 2.85. The van der Waals surface area contributed by atoms with Gasteiger partial charge in [-0.2, -0.15) is 0 Å². The average Bonchev–Trinajstić information content (AvgIpc) is 2.64. The number of anilines is 1. The summed E-state index contributed by atoms with van der Waals surface area (Å²) >= 11 is 9.26. The van der Waals surface area contributed by atoms with Crippen molar-refractivity contribution in [1.29, 1.82) is 0 Å². The van der Waals surface area contributed by atoms with Crippen molar-refractivity contribution in [2.75, 3.05) is 5.73 Å². The monoisotopic (exact) mass is 357 g/mol. The summed E-state index contributed by atoms with van der Waals surface area (Å²) in [6.07, 6.45) is 0. The fourth-order valence-electron chi connectivity index (χ4n) is 2.06. The number of fused-ring (bicyclic) bond motifs is 1. The standard InChI is InChI=1S/C13H7BrClF2N3/c14-6-1-2-11-10(3-6)19-13(18)20(11)12-8(15)4-7(16)5-9(12)17/h1-5H,(H2,18,19). The Kier molecular flexibility index (Phi) is 3.14. The number of nitrogens with two attached hydrogens (primary N) is 1. The molecule has 0 bridgehead atoms. The molecule has 2 N–H and O–H groups in total. The molecule has 2 aromatic carbocycles. The van der Waals surface area contributed by atoms with E-state index in [1.807, 2.05) is 0 Å². The van der Waals surface area contributed by atoms with Gasteiger partial charge in [-0.15, -0.1) is 0 Å². The van der Waals surface area contributed by atoms with Crippen LogP contribution in [0.2, 0.25) is 5.02 Å². The Bertz CT molecular complexity index is 809. The van der Waals surface area contributed by atoms with E-state index < -0.39 is 11.6 Å². The number of aromatic nitrogens is 2. The van der Waals surface area contributed by atoms with Gasteiger partial charge in [-0.3, -0.25) is 4.57 Å². The van der Waals surface area contributed by atoms with Gasteiger partial charge in [0, 0.05) is 10.5 Å². The number of hydrogen-bond donors (Lipinski definition) is 1. The SMILES string of the molecule is Nc1nc2cc(Br)ccc2n1-c1c(F)cc(F)cc1Cl. The lowest BCUT2D eigenvalue weighted by atomic mass is 10.2. The molecule has 3 nitrogen and oxygen atoms in total. The summed E-state index contributed by atoms with van der Waals surface area (Å²) in [7, 11) is 0. The van der Waals surface area contributed by atoms with Crippen LogP contribution in [0.15, 0.2) is 34.8 Å². The van der Waals surface area contributed by atoms with E-state index in [1.165, 1.54) is 4.57 Å². The lowest BCUT2D eigenvalue weighted by Crippen LogP contribution is -2.04. The minimum absolute atomic E-state index is 0.0182. The Morgan fingerprint density at radius 2 is 1.95 bits per heavy atom. The highest BCUT2D eigenvalue weighted by Gasteiger charge is 2.18. The Balaban J connectivity index is 2.38. The van der Waals surface area contributed by atoms with Gasteiger partial charge in [0.25, 0.3) is 0 Å². The van der Waals surface area contributed by atoms with Crippen molar-refractivity contribution in [1.82, 2.24) is 9.55 Å². The highest BCUT2D eigenvalue weighted by atomic mass is 79.9. The maximum absolute atomic E-state index is 14.0. The molecule has 0 spiro atoms. The maximum Gasteiger partial charge on any atom is 0.206 e. The van der Waals surface area contributed by atoms with Crippen LogP contribution in [0.1, 0.15) is 0 Å². The van der Waals surface area contributed by atoms with Gasteiger partial charge >= 0.3 is 0 Å². The number of halogens is 4. The predicted molar refractivity (Wildman–Crippen MR) is 78.1 cm³/mol. The van der Waals surface area contributed by atoms with Gasteiger partial charge in [0.2, 0.25) is 5.95 Å². The maximum atomic E-state index is 14.0. The van der Waals surface area contributed by atoms with Gasteiger partial charge in [0.1, 0.15) is 11.5 Å². The predicted octanol–water partition coefficient (Wildman–Crippen LogP) is 4.30. The van der Waals surface area contributed by atoms with Crippen molar-refractivity contribution in [3.05, 3.63) is 51.5 Å². The van der Waals surface area contributed by atoms with E-state index in [0.717, 1.165) is 16.6 Å². The van der Waals surface area contributed by atoms with Crippen LogP contribution in [-0.2, 0) is 0 Å². The third kappa shape index (κ3) is 2.05. The van der Waals surface area contributed by atoms with E-state index in [1.54, 1.807) is 18.2 Å². The summed E-state index contributed by atoms with van der Waals surface area (Å²) in [6, 6.07) is 7.03. The lowest BCUT2D eigenvalue weighted by molar-refractivity contribution is 0.579. The lowest BCUT2D eigenvalue weighted by Gasteiger charge is -2.10. The Hall–Kier alpha value is -1.66. The van der Waals surface area contributed by atoms with Gasteiger partial charge in [0.15, 0.2) is 5.82 Å². The molecule has 0 saturated carbocycles. The van der Waals surface area contributed by atoms with Crippen molar-refractivity contribution < 1.29 is 8.78 Å². The van der Waals surface area contributed by atoms with Crippen LogP contribution >= 0.6 is 27.5 Å². The van der Waals surface area contributed by atoms with E-state index in [9.17, 15) is 8.78 Å². The molecule has 0 aliphatic rings. The molecule has 0 fully saturated rings. The van der Waals surface area contributed by atoms with Crippen LogP contribution in [0.5, 0.6) is 0 Å². The zero-order valence-corrected chi connectivity index (χ0v) is 12.2. The first-order valence-electron chi connectivity index (χ1n) is 5.56. The molecule has 3 aromatic rings. The van der Waals surface area contributed by atoms with Gasteiger partial charge < -0.3 is 5.73 Å². The van der Waals surface area contributed by atoms with Crippen LogP contribution in [0.3, 0.4) is 0 Å². The van der Waals surface area contributed by atoms with E-state index >= 15 is 0 Å². The molecule has 0 aliphatic carbocycles. The number of nitrogen functional groups attached to an aromatic ring is 1. The van der Waals surface area contributed by atoms with Gasteiger partial charge in [0.05, 0.1) is 16.1 Å². The van der Waals surface area contributed by atoms with Crippen LogP contribution < -0.4 is 5.73 Å². The highest BCUT2D eigenvalue weighted by molar-refractivity contribution is 9.10. The third-order valence-corrected chi connectivity index (χ3v) is 3.63. The zero-order valence-electron chi connectivity index (χ0n) is 9.87. The summed E-state index contributed by atoms with van der Waals surface area (Å²) in [5.74, 6) is -1.48. The van der Waals surface area contributed by atoms with Gasteiger partial charge in [-0.25, -0.2) is 13.8 Å². The molecule has 0 unspecified atom stereocenters. The molecule has 0 radical (unpaired) electrons. The molecule has 0 saturated heterocycles. The van der Waals surface area contributed by atoms with Crippen molar-refractivity contribution in [3.8, 4) is 5.69 Å². The summed E-state index contributed by atoms with van der Waals surface area (Å²) in [4.78, 5) is 4.15. The minimum Gasteiger partial charge on any atom is -0.369 e. The molecule has 20 heavy (non-hydrogen) atoms. The second-order valence-electron chi connectivity index (χ2n) is 4.16. The molecule has 1 heterocycles. The van der Waals surface area contributed by atoms with E-state index in [2.05, 4.69) is 20.9 Å². The second-order valence-corrected chi connectivity index (χ2v) is 5.48. The summed E-state index contributed by atoms with van der Waals surface area (Å²) < 4.78 is 29.3. The molecule has 3 rings (SSSR count). The van der Waals surface area contributed by atoms with Crippen molar-refractivity contribution in [2.45, 2.75) is 0 Å². The molecular formula is C13H7BrClF2N3. The average molecular weight is 359 g/mol. The van der Waals surface area contributed by atoms with Crippen molar-refractivity contribution in [2.24, 2.45) is 0 Å². The molecule has 1 aromatic heterocycles. The Labute approximate surface area is 126 Å². The van der Waals surface area contributed by atoms with Crippen molar-refractivity contribution >= 4 is 44.5 Å². The highest BCUT2D eigenvalue weighted by Crippen LogP contribution is 2.31. The Morgan fingerprint density at radius 1 is 1.20 bits per heavy atom. The van der Waals surface area contributed by atoms with Crippen LogP contribution in [0.25, 0.3) is 16.7 Å². The number of rotatable bonds is 1. The smallest absolute Gasteiger partial charge is 0.206 e. The largest absolute Gasteiger partial charge is 0.369 e.